The Morgan fingerprint density at radius 1 is 1.28 bits per heavy atom. The molecule has 5 heteroatoms. The van der Waals surface area contributed by atoms with Gasteiger partial charge in [-0.05, 0) is 62.6 Å². The largest absolute Gasteiger partial charge is 0.496 e. The van der Waals surface area contributed by atoms with Crippen molar-refractivity contribution in [2.75, 3.05) is 19.0 Å². The molecular weight excluding hydrogens is 400 g/mol. The zero-order valence-electron chi connectivity index (χ0n) is 19.1. The van der Waals surface area contributed by atoms with Gasteiger partial charge in [0.25, 0.3) is 0 Å². The van der Waals surface area contributed by atoms with Crippen molar-refractivity contribution in [2.45, 2.75) is 45.1 Å². The van der Waals surface area contributed by atoms with Gasteiger partial charge < -0.3 is 19.2 Å². The van der Waals surface area contributed by atoms with Crippen LogP contribution in [0.25, 0.3) is 11.3 Å². The molecular formula is C27H30N2O3. The standard InChI is InChI=1S/C27H30N2O3/c1-17(2)7-6-12-27(3)19-13-18(24-14-28-16-32-24)10-11-21(19)29-26-20(27)15-31-23-9-5-8-22(30-4)25(23)26/h5,7-11,13-14,16,20,26,29H,6,12,15H2,1-4H3/t20-,26-,27-/m0/s1. The molecule has 2 aromatic carbocycles. The Morgan fingerprint density at radius 2 is 2.16 bits per heavy atom. The van der Waals surface area contributed by atoms with E-state index >= 15 is 0 Å². The summed E-state index contributed by atoms with van der Waals surface area (Å²) in [6.07, 6.45) is 7.64. The zero-order valence-corrected chi connectivity index (χ0v) is 19.1. The van der Waals surface area contributed by atoms with E-state index in [-0.39, 0.29) is 17.4 Å². The summed E-state index contributed by atoms with van der Waals surface area (Å²) < 4.78 is 17.7. The summed E-state index contributed by atoms with van der Waals surface area (Å²) in [5, 5.41) is 3.84. The highest BCUT2D eigenvalue weighted by atomic mass is 16.5. The highest BCUT2D eigenvalue weighted by Gasteiger charge is 2.49. The van der Waals surface area contributed by atoms with Gasteiger partial charge >= 0.3 is 0 Å². The third-order valence-electron chi connectivity index (χ3n) is 7.08. The van der Waals surface area contributed by atoms with Crippen LogP contribution in [0.2, 0.25) is 0 Å². The fourth-order valence-corrected chi connectivity index (χ4v) is 5.34. The average Bonchev–Trinajstić information content (AvgIpc) is 3.33. The lowest BCUT2D eigenvalue weighted by molar-refractivity contribution is 0.118. The van der Waals surface area contributed by atoms with E-state index in [0.29, 0.717) is 6.61 Å². The van der Waals surface area contributed by atoms with Gasteiger partial charge in [0.1, 0.15) is 11.5 Å². The maximum Gasteiger partial charge on any atom is 0.181 e. The first-order valence-corrected chi connectivity index (χ1v) is 11.2. The summed E-state index contributed by atoms with van der Waals surface area (Å²) in [6, 6.07) is 12.7. The maximum atomic E-state index is 6.31. The Morgan fingerprint density at radius 3 is 2.91 bits per heavy atom. The van der Waals surface area contributed by atoms with E-state index in [1.54, 1.807) is 13.3 Å². The number of rotatable bonds is 5. The van der Waals surface area contributed by atoms with Crippen molar-refractivity contribution < 1.29 is 13.9 Å². The van der Waals surface area contributed by atoms with Gasteiger partial charge in [0, 0.05) is 22.6 Å². The molecule has 0 aliphatic carbocycles. The summed E-state index contributed by atoms with van der Waals surface area (Å²) in [7, 11) is 1.73. The van der Waals surface area contributed by atoms with Crippen LogP contribution in [-0.2, 0) is 5.41 Å². The van der Waals surface area contributed by atoms with Crippen molar-refractivity contribution in [1.29, 1.82) is 0 Å². The minimum absolute atomic E-state index is 0.0915. The van der Waals surface area contributed by atoms with Crippen LogP contribution in [0, 0.1) is 5.92 Å². The Kier molecular flexibility index (Phi) is 5.20. The molecule has 0 amide bonds. The predicted octanol–water partition coefficient (Wildman–Crippen LogP) is 6.53. The Hall–Kier alpha value is -3.21. The number of ether oxygens (including phenoxy) is 2. The van der Waals surface area contributed by atoms with E-state index in [9.17, 15) is 0 Å². The topological polar surface area (TPSA) is 56.5 Å². The van der Waals surface area contributed by atoms with Crippen molar-refractivity contribution in [1.82, 2.24) is 4.98 Å². The van der Waals surface area contributed by atoms with Crippen molar-refractivity contribution in [2.24, 2.45) is 5.92 Å². The number of nitrogens with zero attached hydrogens (tertiary/aromatic N) is 1. The van der Waals surface area contributed by atoms with Gasteiger partial charge in [-0.2, -0.15) is 0 Å². The lowest BCUT2D eigenvalue weighted by atomic mass is 9.62. The molecule has 0 unspecified atom stereocenters. The van der Waals surface area contributed by atoms with E-state index in [1.165, 1.54) is 17.5 Å². The highest BCUT2D eigenvalue weighted by molar-refractivity contribution is 5.69. The second kappa shape index (κ2) is 8.05. The number of methoxy groups -OCH3 is 1. The molecule has 3 aromatic rings. The minimum atomic E-state index is -0.0915. The number of hydrogen-bond acceptors (Lipinski definition) is 5. The Labute approximate surface area is 189 Å². The van der Waals surface area contributed by atoms with Gasteiger partial charge in [0.05, 0.1) is 31.5 Å². The molecule has 5 nitrogen and oxygen atoms in total. The highest BCUT2D eigenvalue weighted by Crippen LogP contribution is 2.56. The number of hydrogen-bond donors (Lipinski definition) is 1. The molecule has 0 bridgehead atoms. The maximum absolute atomic E-state index is 6.31. The minimum Gasteiger partial charge on any atom is -0.496 e. The second-order valence-corrected chi connectivity index (χ2v) is 9.28. The van der Waals surface area contributed by atoms with Gasteiger partial charge in [0.2, 0.25) is 0 Å². The molecule has 3 heterocycles. The van der Waals surface area contributed by atoms with E-state index in [4.69, 9.17) is 13.9 Å². The summed E-state index contributed by atoms with van der Waals surface area (Å²) in [5.41, 5.74) is 5.88. The van der Waals surface area contributed by atoms with Crippen LogP contribution in [0.5, 0.6) is 11.5 Å². The molecule has 3 atom stereocenters. The van der Waals surface area contributed by atoms with E-state index < -0.39 is 0 Å². The van der Waals surface area contributed by atoms with Crippen LogP contribution in [0.1, 0.15) is 50.8 Å². The van der Waals surface area contributed by atoms with Gasteiger partial charge in [-0.1, -0.05) is 24.6 Å². The number of nitrogens with one attached hydrogen (secondary N) is 1. The van der Waals surface area contributed by atoms with Crippen LogP contribution >= 0.6 is 0 Å². The molecule has 1 aromatic heterocycles. The van der Waals surface area contributed by atoms with Crippen molar-refractivity contribution in [3.8, 4) is 22.8 Å². The number of allylic oxidation sites excluding steroid dienone is 2. The monoisotopic (exact) mass is 430 g/mol. The molecule has 0 saturated heterocycles. The number of benzene rings is 2. The number of fused-ring (bicyclic) bond motifs is 4. The van der Waals surface area contributed by atoms with E-state index in [2.05, 4.69) is 55.3 Å². The van der Waals surface area contributed by atoms with E-state index in [1.807, 2.05) is 18.2 Å². The smallest absolute Gasteiger partial charge is 0.181 e. The van der Waals surface area contributed by atoms with Crippen LogP contribution in [0.4, 0.5) is 5.69 Å². The molecule has 166 valence electrons. The fourth-order valence-electron chi connectivity index (χ4n) is 5.34. The van der Waals surface area contributed by atoms with E-state index in [0.717, 1.165) is 46.9 Å². The molecule has 1 N–H and O–H groups in total. The van der Waals surface area contributed by atoms with Gasteiger partial charge in [0.15, 0.2) is 12.2 Å². The Bertz CT molecular complexity index is 1130. The average molecular weight is 431 g/mol. The number of aromatic nitrogens is 1. The van der Waals surface area contributed by atoms with Gasteiger partial charge in [-0.15, -0.1) is 0 Å². The first kappa shape index (κ1) is 20.7. The third kappa shape index (κ3) is 3.36. The Balaban J connectivity index is 1.64. The molecule has 32 heavy (non-hydrogen) atoms. The third-order valence-corrected chi connectivity index (χ3v) is 7.08. The lowest BCUT2D eigenvalue weighted by Gasteiger charge is -2.50. The molecule has 0 fully saturated rings. The van der Waals surface area contributed by atoms with Crippen LogP contribution in [-0.4, -0.2) is 18.7 Å². The first-order valence-electron chi connectivity index (χ1n) is 11.2. The van der Waals surface area contributed by atoms with Crippen LogP contribution < -0.4 is 14.8 Å². The van der Waals surface area contributed by atoms with Gasteiger partial charge in [-0.3, -0.25) is 0 Å². The molecule has 2 aliphatic rings. The normalized spacial score (nSPS) is 23.1. The summed E-state index contributed by atoms with van der Waals surface area (Å²) in [5.74, 6) is 2.83. The number of anilines is 1. The molecule has 0 radical (unpaired) electrons. The summed E-state index contributed by atoms with van der Waals surface area (Å²) in [6.45, 7) is 7.37. The second-order valence-electron chi connectivity index (χ2n) is 9.28. The molecule has 0 spiro atoms. The molecule has 2 aliphatic heterocycles. The summed E-state index contributed by atoms with van der Waals surface area (Å²) >= 11 is 0. The van der Waals surface area contributed by atoms with Gasteiger partial charge in [-0.25, -0.2) is 4.98 Å². The predicted molar refractivity (Wildman–Crippen MR) is 126 cm³/mol. The quantitative estimate of drug-likeness (QED) is 0.466. The van der Waals surface area contributed by atoms with Crippen LogP contribution in [0.3, 0.4) is 0 Å². The first-order chi connectivity index (χ1) is 15.5. The fraction of sp³-hybridized carbons (Fsp3) is 0.370. The molecule has 5 rings (SSSR count). The van der Waals surface area contributed by atoms with Crippen molar-refractivity contribution >= 4 is 5.69 Å². The number of oxazole rings is 1. The van der Waals surface area contributed by atoms with Crippen molar-refractivity contribution in [3.05, 3.63) is 71.8 Å². The van der Waals surface area contributed by atoms with Crippen LogP contribution in [0.15, 0.2) is 65.1 Å². The summed E-state index contributed by atoms with van der Waals surface area (Å²) in [4.78, 5) is 4.10. The zero-order chi connectivity index (χ0) is 22.3. The SMILES string of the molecule is COc1cccc2c1[C@H]1Nc3ccc(-c4cnco4)cc3[C@](C)(CCC=C(C)C)[C@H]1CO2. The van der Waals surface area contributed by atoms with Crippen molar-refractivity contribution in [3.63, 3.8) is 0 Å². The lowest BCUT2D eigenvalue weighted by Crippen LogP contribution is -2.48. The molecule has 0 saturated carbocycles.